The minimum atomic E-state index is -1.07. The number of aryl methyl sites for hydroxylation is 1. The summed E-state index contributed by atoms with van der Waals surface area (Å²) in [7, 11) is 0. The van der Waals surface area contributed by atoms with Crippen molar-refractivity contribution in [3.63, 3.8) is 0 Å². The maximum absolute atomic E-state index is 14.0. The Kier molecular flexibility index (Phi) is 11.3. The van der Waals surface area contributed by atoms with Gasteiger partial charge >= 0.3 is 0 Å². The molecule has 0 radical (unpaired) electrons. The van der Waals surface area contributed by atoms with Crippen LogP contribution in [0.25, 0.3) is 0 Å². The zero-order valence-corrected chi connectivity index (χ0v) is 25.8. The lowest BCUT2D eigenvalue weighted by Crippen LogP contribution is -2.64. The molecule has 4 atom stereocenters. The van der Waals surface area contributed by atoms with E-state index in [-0.39, 0.29) is 36.2 Å². The molecule has 1 aliphatic carbocycles. The maximum atomic E-state index is 14.0. The Bertz CT molecular complexity index is 1230. The molecule has 3 amide bonds. The third-order valence-corrected chi connectivity index (χ3v) is 8.78. The van der Waals surface area contributed by atoms with E-state index in [1.165, 1.54) is 0 Å². The highest BCUT2D eigenvalue weighted by molar-refractivity contribution is 6.30. The van der Waals surface area contributed by atoms with E-state index in [1.54, 1.807) is 12.1 Å². The lowest BCUT2D eigenvalue weighted by atomic mass is 9.92. The molecule has 228 valence electrons. The van der Waals surface area contributed by atoms with Gasteiger partial charge in [-0.25, -0.2) is 0 Å². The number of hydrogen-bond acceptors (Lipinski definition) is 5. The molecule has 1 heterocycles. The Labute approximate surface area is 254 Å². The predicted octanol–water partition coefficient (Wildman–Crippen LogP) is 4.33. The van der Waals surface area contributed by atoms with Gasteiger partial charge in [0.15, 0.2) is 0 Å². The fourth-order valence-corrected chi connectivity index (χ4v) is 6.10. The summed E-state index contributed by atoms with van der Waals surface area (Å²) in [6, 6.07) is 13.9. The number of nitrogens with one attached hydrogen (secondary N) is 4. The highest BCUT2D eigenvalue weighted by Crippen LogP contribution is 2.31. The summed E-state index contributed by atoms with van der Waals surface area (Å²) >= 11 is 6.22. The topological polar surface area (TPSA) is 109 Å². The Morgan fingerprint density at radius 3 is 2.52 bits per heavy atom. The molecule has 4 N–H and O–H groups in total. The molecule has 1 spiro atoms. The number of hydrogen-bond donors (Lipinski definition) is 4. The van der Waals surface area contributed by atoms with E-state index < -0.39 is 17.6 Å². The van der Waals surface area contributed by atoms with E-state index in [0.29, 0.717) is 37.4 Å². The van der Waals surface area contributed by atoms with Gasteiger partial charge in [-0.2, -0.15) is 0 Å². The summed E-state index contributed by atoms with van der Waals surface area (Å²) < 4.78 is 6.31. The van der Waals surface area contributed by atoms with Crippen molar-refractivity contribution in [1.82, 2.24) is 21.3 Å². The highest BCUT2D eigenvalue weighted by atomic mass is 35.5. The van der Waals surface area contributed by atoms with Gasteiger partial charge in [-0.3, -0.25) is 14.4 Å². The third kappa shape index (κ3) is 8.26. The zero-order chi connectivity index (χ0) is 30.1. The van der Waals surface area contributed by atoms with Crippen molar-refractivity contribution < 1.29 is 19.1 Å². The number of rotatable bonds is 4. The number of halogens is 1. The van der Waals surface area contributed by atoms with Gasteiger partial charge in [0.1, 0.15) is 23.4 Å². The van der Waals surface area contributed by atoms with Crippen molar-refractivity contribution in [3.8, 4) is 5.75 Å². The molecule has 2 aliphatic rings. The number of fused-ring (bicyclic) bond motifs is 1. The molecule has 42 heavy (non-hydrogen) atoms. The van der Waals surface area contributed by atoms with Crippen LogP contribution in [-0.2, 0) is 27.2 Å². The van der Waals surface area contributed by atoms with Crippen LogP contribution in [0.15, 0.2) is 48.5 Å². The molecule has 4 rings (SSSR count). The summed E-state index contributed by atoms with van der Waals surface area (Å²) in [6.07, 6.45) is 5.04. The smallest absolute Gasteiger partial charge is 0.246 e. The molecule has 9 heteroatoms. The SMILES string of the molecule is CCC(C)[C@@H]1NC[C@@H](C)Oc2ccccc2CCCNC(=O)[C@@H](Cc2cccc(Cl)c2)NC(=O)C2(CCCC2)NC1=O. The van der Waals surface area contributed by atoms with E-state index in [0.717, 1.165) is 42.6 Å². The van der Waals surface area contributed by atoms with Crippen molar-refractivity contribution in [1.29, 1.82) is 0 Å². The number of benzene rings is 2. The average molecular weight is 597 g/mol. The third-order valence-electron chi connectivity index (χ3n) is 8.55. The summed E-state index contributed by atoms with van der Waals surface area (Å²) in [5.41, 5.74) is 0.836. The standard InChI is InChI=1S/C33H45ClN4O4/c1-4-22(2)29-31(40)38-33(16-7-8-17-33)32(41)37-27(20-24-11-9-14-26(34)19-24)30(39)35-18-10-13-25-12-5-6-15-28(25)42-23(3)21-36-29/h5-6,9,11-12,14-15,19,22-23,27,29,36H,4,7-8,10,13,16-18,20-21H2,1-3H3,(H,35,39)(H,37,41)(H,38,40)/t22?,23-,27-,29+/m1/s1. The van der Waals surface area contributed by atoms with Gasteiger partial charge in [0.25, 0.3) is 0 Å². The Morgan fingerprint density at radius 1 is 1.02 bits per heavy atom. The first-order valence-electron chi connectivity index (χ1n) is 15.3. The minimum Gasteiger partial charge on any atom is -0.489 e. The van der Waals surface area contributed by atoms with Crippen LogP contribution in [0, 0.1) is 5.92 Å². The van der Waals surface area contributed by atoms with Gasteiger partial charge in [-0.15, -0.1) is 0 Å². The number of carbonyl (C=O) groups is 3. The quantitative estimate of drug-likeness (QED) is 0.420. The molecule has 8 nitrogen and oxygen atoms in total. The molecule has 1 saturated carbocycles. The van der Waals surface area contributed by atoms with Crippen LogP contribution in [0.4, 0.5) is 0 Å². The number of carbonyl (C=O) groups excluding carboxylic acids is 3. The van der Waals surface area contributed by atoms with Gasteiger partial charge in [-0.05, 0) is 67.9 Å². The fourth-order valence-electron chi connectivity index (χ4n) is 5.88. The van der Waals surface area contributed by atoms with Gasteiger partial charge in [0, 0.05) is 24.5 Å². The first kappa shape index (κ1) is 31.8. The van der Waals surface area contributed by atoms with Crippen molar-refractivity contribution in [3.05, 3.63) is 64.7 Å². The molecule has 0 bridgehead atoms. The van der Waals surface area contributed by atoms with Gasteiger partial charge in [0.2, 0.25) is 17.7 Å². The lowest BCUT2D eigenvalue weighted by molar-refractivity contribution is -0.137. The maximum Gasteiger partial charge on any atom is 0.246 e. The second kappa shape index (κ2) is 14.9. The molecular formula is C33H45ClN4O4. The average Bonchev–Trinajstić information content (AvgIpc) is 3.44. The van der Waals surface area contributed by atoms with Crippen molar-refractivity contribution in [2.45, 2.75) is 95.9 Å². The first-order chi connectivity index (χ1) is 20.2. The fraction of sp³-hybridized carbons (Fsp3) is 0.545. The second-order valence-electron chi connectivity index (χ2n) is 11.8. The van der Waals surface area contributed by atoms with E-state index in [9.17, 15) is 14.4 Å². The summed E-state index contributed by atoms with van der Waals surface area (Å²) in [5.74, 6) is 0.0649. The number of amides is 3. The highest BCUT2D eigenvalue weighted by Gasteiger charge is 2.45. The molecule has 1 unspecified atom stereocenters. The van der Waals surface area contributed by atoms with E-state index in [2.05, 4.69) is 28.2 Å². The van der Waals surface area contributed by atoms with Crippen LogP contribution < -0.4 is 26.0 Å². The van der Waals surface area contributed by atoms with Crippen LogP contribution in [0.1, 0.15) is 70.4 Å². The zero-order valence-electron chi connectivity index (χ0n) is 25.0. The Balaban J connectivity index is 1.64. The molecule has 1 fully saturated rings. The Hall–Kier alpha value is -3.10. The summed E-state index contributed by atoms with van der Waals surface area (Å²) in [6.45, 7) is 7.01. The Morgan fingerprint density at radius 2 is 1.79 bits per heavy atom. The van der Waals surface area contributed by atoms with E-state index in [1.807, 2.05) is 50.2 Å². The summed E-state index contributed by atoms with van der Waals surface area (Å²) in [4.78, 5) is 41.3. The molecule has 2 aromatic rings. The van der Waals surface area contributed by atoms with Crippen molar-refractivity contribution in [2.75, 3.05) is 13.1 Å². The van der Waals surface area contributed by atoms with Crippen LogP contribution in [0.3, 0.4) is 0 Å². The molecular weight excluding hydrogens is 552 g/mol. The molecule has 0 aromatic heterocycles. The van der Waals surface area contributed by atoms with Crippen molar-refractivity contribution >= 4 is 29.3 Å². The van der Waals surface area contributed by atoms with E-state index >= 15 is 0 Å². The van der Waals surface area contributed by atoms with E-state index in [4.69, 9.17) is 16.3 Å². The molecule has 1 aliphatic heterocycles. The van der Waals surface area contributed by atoms with Gasteiger partial charge < -0.3 is 26.0 Å². The van der Waals surface area contributed by atoms with Crippen LogP contribution >= 0.6 is 11.6 Å². The van der Waals surface area contributed by atoms with Gasteiger partial charge in [-0.1, -0.05) is 75.0 Å². The number of para-hydroxylation sites is 1. The molecule has 0 saturated heterocycles. The van der Waals surface area contributed by atoms with Gasteiger partial charge in [0.05, 0.1) is 6.04 Å². The predicted molar refractivity (Wildman–Crippen MR) is 166 cm³/mol. The van der Waals surface area contributed by atoms with Crippen LogP contribution in [-0.4, -0.2) is 54.5 Å². The monoisotopic (exact) mass is 596 g/mol. The van der Waals surface area contributed by atoms with Crippen molar-refractivity contribution in [2.24, 2.45) is 5.92 Å². The molecule has 2 aromatic carbocycles. The lowest BCUT2D eigenvalue weighted by Gasteiger charge is -2.34. The van der Waals surface area contributed by atoms with Crippen LogP contribution in [0.5, 0.6) is 5.75 Å². The summed E-state index contributed by atoms with van der Waals surface area (Å²) in [5, 5.41) is 13.2. The number of ether oxygens (including phenoxy) is 1. The second-order valence-corrected chi connectivity index (χ2v) is 12.3. The normalized spacial score (nSPS) is 24.8. The first-order valence-corrected chi connectivity index (χ1v) is 15.7. The largest absolute Gasteiger partial charge is 0.489 e. The van der Waals surface area contributed by atoms with Crippen LogP contribution in [0.2, 0.25) is 5.02 Å². The minimum absolute atomic E-state index is 0.0398.